The van der Waals surface area contributed by atoms with Crippen LogP contribution in [0.3, 0.4) is 0 Å². The molecule has 1 aliphatic heterocycles. The average molecular weight is 443 g/mol. The topological polar surface area (TPSA) is 71.0 Å². The van der Waals surface area contributed by atoms with E-state index in [-0.39, 0.29) is 35.0 Å². The van der Waals surface area contributed by atoms with E-state index in [0.29, 0.717) is 18.8 Å². The van der Waals surface area contributed by atoms with Crippen molar-refractivity contribution in [2.45, 2.75) is 38.9 Å². The predicted molar refractivity (Wildman–Crippen MR) is 124 cm³/mol. The standard InChI is InChI=1S/C23H29FN2O4.Mg.2H/c1-3-29-22(23(27)28)13-17-5-8-19(9-6-17)25-11-4-12-26-15-16(2)30-21-14-18(24)7-10-20(21)26;;;/h5-10,14,16,22,25H,3-4,11-13,15H2,1-2H3,(H,27,28);;;. The number of benzene rings is 2. The molecule has 2 aromatic rings. The first-order valence-electron chi connectivity index (χ1n) is 10.3. The van der Waals surface area contributed by atoms with Crippen molar-refractivity contribution in [3.8, 4) is 5.75 Å². The van der Waals surface area contributed by atoms with Crippen LogP contribution in [0.4, 0.5) is 15.8 Å². The molecule has 0 saturated heterocycles. The van der Waals surface area contributed by atoms with Crippen molar-refractivity contribution >= 4 is 40.4 Å². The molecule has 2 N–H and O–H groups in total. The van der Waals surface area contributed by atoms with Crippen LogP contribution in [-0.2, 0) is 16.0 Å². The minimum Gasteiger partial charge on any atom is -0.487 e. The lowest BCUT2D eigenvalue weighted by Crippen LogP contribution is -2.39. The summed E-state index contributed by atoms with van der Waals surface area (Å²) in [5.41, 5.74) is 2.84. The fraction of sp³-hybridized carbons (Fsp3) is 0.435. The molecule has 0 amide bonds. The molecule has 0 saturated carbocycles. The van der Waals surface area contributed by atoms with Gasteiger partial charge in [0.25, 0.3) is 0 Å². The largest absolute Gasteiger partial charge is 0.487 e. The van der Waals surface area contributed by atoms with E-state index in [2.05, 4.69) is 10.2 Å². The second-order valence-electron chi connectivity index (χ2n) is 7.45. The zero-order valence-corrected chi connectivity index (χ0v) is 17.4. The SMILES string of the molecule is CCOC(Cc1ccc(NCCCN2CC(C)Oc3cc(F)ccc32)cc1)C(=O)O.[MgH2]. The zero-order chi connectivity index (χ0) is 21.5. The quantitative estimate of drug-likeness (QED) is 0.435. The van der Waals surface area contributed by atoms with Crippen molar-refractivity contribution in [3.63, 3.8) is 0 Å². The molecule has 0 fully saturated rings. The third-order valence-corrected chi connectivity index (χ3v) is 5.02. The van der Waals surface area contributed by atoms with Gasteiger partial charge < -0.3 is 24.8 Å². The summed E-state index contributed by atoms with van der Waals surface area (Å²) < 4.78 is 24.5. The van der Waals surface area contributed by atoms with E-state index in [0.717, 1.165) is 43.0 Å². The number of aliphatic carboxylic acids is 1. The fourth-order valence-electron chi connectivity index (χ4n) is 3.61. The molecule has 0 bridgehead atoms. The summed E-state index contributed by atoms with van der Waals surface area (Å²) in [6.07, 6.45) is 0.460. The van der Waals surface area contributed by atoms with E-state index in [9.17, 15) is 14.3 Å². The Bertz CT molecular complexity index is 850. The lowest BCUT2D eigenvalue weighted by atomic mass is 10.1. The van der Waals surface area contributed by atoms with Gasteiger partial charge in [0.15, 0.2) is 6.10 Å². The van der Waals surface area contributed by atoms with Crippen molar-refractivity contribution in [2.75, 3.05) is 36.5 Å². The Labute approximate surface area is 198 Å². The molecular weight excluding hydrogens is 412 g/mol. The minimum atomic E-state index is -0.944. The van der Waals surface area contributed by atoms with Gasteiger partial charge in [-0.2, -0.15) is 0 Å². The Balaban J connectivity index is 0.00000341. The molecule has 0 aliphatic carbocycles. The van der Waals surface area contributed by atoms with Crippen LogP contribution >= 0.6 is 0 Å². The molecule has 2 unspecified atom stereocenters. The van der Waals surface area contributed by atoms with Gasteiger partial charge in [-0.1, -0.05) is 12.1 Å². The number of nitrogens with one attached hydrogen (secondary N) is 1. The highest BCUT2D eigenvalue weighted by molar-refractivity contribution is 5.75. The number of rotatable bonds is 10. The van der Waals surface area contributed by atoms with Crippen molar-refractivity contribution in [1.82, 2.24) is 0 Å². The first-order chi connectivity index (χ1) is 14.5. The molecule has 3 rings (SSSR count). The summed E-state index contributed by atoms with van der Waals surface area (Å²) in [5, 5.41) is 12.6. The second kappa shape index (κ2) is 12.1. The van der Waals surface area contributed by atoms with Crippen LogP contribution in [0.5, 0.6) is 5.75 Å². The van der Waals surface area contributed by atoms with Crippen LogP contribution in [-0.4, -0.2) is 72.6 Å². The van der Waals surface area contributed by atoms with Gasteiger partial charge in [-0.05, 0) is 50.1 Å². The molecule has 0 aromatic heterocycles. The highest BCUT2D eigenvalue weighted by Crippen LogP contribution is 2.33. The van der Waals surface area contributed by atoms with Crippen molar-refractivity contribution in [3.05, 3.63) is 53.8 Å². The van der Waals surface area contributed by atoms with E-state index in [1.165, 1.54) is 12.1 Å². The number of hydrogen-bond acceptors (Lipinski definition) is 5. The Kier molecular flexibility index (Phi) is 9.86. The molecule has 0 spiro atoms. The van der Waals surface area contributed by atoms with Crippen LogP contribution in [0.2, 0.25) is 0 Å². The van der Waals surface area contributed by atoms with Crippen molar-refractivity contribution in [1.29, 1.82) is 0 Å². The second-order valence-corrected chi connectivity index (χ2v) is 7.45. The van der Waals surface area contributed by atoms with E-state index >= 15 is 0 Å². The molecule has 2 atom stereocenters. The van der Waals surface area contributed by atoms with Crippen molar-refractivity contribution < 1.29 is 23.8 Å². The van der Waals surface area contributed by atoms with Crippen LogP contribution in [0, 0.1) is 5.82 Å². The van der Waals surface area contributed by atoms with Gasteiger partial charge in [-0.15, -0.1) is 0 Å². The van der Waals surface area contributed by atoms with E-state index in [1.54, 1.807) is 13.0 Å². The molecule has 1 aliphatic rings. The molecular formula is C23H31FMgN2O4. The number of nitrogens with zero attached hydrogens (tertiary/aromatic N) is 1. The molecule has 6 nitrogen and oxygen atoms in total. The number of ether oxygens (including phenoxy) is 2. The Hall–Kier alpha value is -2.03. The monoisotopic (exact) mass is 442 g/mol. The molecule has 0 radical (unpaired) electrons. The van der Waals surface area contributed by atoms with Gasteiger partial charge in [-0.3, -0.25) is 0 Å². The first-order valence-corrected chi connectivity index (χ1v) is 10.3. The number of fused-ring (bicyclic) bond motifs is 1. The highest BCUT2D eigenvalue weighted by atomic mass is 24.3. The maximum absolute atomic E-state index is 13.5. The summed E-state index contributed by atoms with van der Waals surface area (Å²) in [4.78, 5) is 13.4. The number of carboxylic acid groups (broad SMARTS) is 1. The third kappa shape index (κ3) is 7.26. The Morgan fingerprint density at radius 2 is 2.06 bits per heavy atom. The van der Waals surface area contributed by atoms with Crippen LogP contribution in [0.1, 0.15) is 25.8 Å². The Morgan fingerprint density at radius 1 is 1.32 bits per heavy atom. The summed E-state index contributed by atoms with van der Waals surface area (Å²) in [5.74, 6) is -0.631. The van der Waals surface area contributed by atoms with Gasteiger partial charge in [-0.25, -0.2) is 9.18 Å². The van der Waals surface area contributed by atoms with E-state index in [4.69, 9.17) is 9.47 Å². The average Bonchev–Trinajstić information content (AvgIpc) is 2.71. The fourth-order valence-corrected chi connectivity index (χ4v) is 3.61. The van der Waals surface area contributed by atoms with Crippen LogP contribution in [0.25, 0.3) is 0 Å². The molecule has 166 valence electrons. The van der Waals surface area contributed by atoms with Crippen LogP contribution in [0.15, 0.2) is 42.5 Å². The number of halogens is 1. The summed E-state index contributed by atoms with van der Waals surface area (Å²) in [7, 11) is 0. The number of hydrogen-bond donors (Lipinski definition) is 2. The normalized spacial score (nSPS) is 16.0. The predicted octanol–water partition coefficient (Wildman–Crippen LogP) is 3.03. The lowest BCUT2D eigenvalue weighted by Gasteiger charge is -2.35. The lowest BCUT2D eigenvalue weighted by molar-refractivity contribution is -0.149. The molecule has 1 heterocycles. The van der Waals surface area contributed by atoms with Gasteiger partial charge in [0.05, 0.1) is 12.2 Å². The maximum Gasteiger partial charge on any atom is 0.333 e. The summed E-state index contributed by atoms with van der Waals surface area (Å²) >= 11 is 0. The molecule has 31 heavy (non-hydrogen) atoms. The minimum absolute atomic E-state index is 0. The van der Waals surface area contributed by atoms with Crippen LogP contribution < -0.4 is 15.0 Å². The number of carboxylic acids is 1. The van der Waals surface area contributed by atoms with Gasteiger partial charge >= 0.3 is 29.0 Å². The van der Waals surface area contributed by atoms with E-state index < -0.39 is 12.1 Å². The van der Waals surface area contributed by atoms with Crippen molar-refractivity contribution in [2.24, 2.45) is 0 Å². The smallest absolute Gasteiger partial charge is 0.333 e. The third-order valence-electron chi connectivity index (χ3n) is 5.02. The zero-order valence-electron chi connectivity index (χ0n) is 17.4. The Morgan fingerprint density at radius 3 is 2.74 bits per heavy atom. The summed E-state index contributed by atoms with van der Waals surface area (Å²) in [6.45, 7) is 6.55. The van der Waals surface area contributed by atoms with E-state index in [1.807, 2.05) is 31.2 Å². The van der Waals surface area contributed by atoms with Gasteiger partial charge in [0, 0.05) is 37.9 Å². The van der Waals surface area contributed by atoms with Gasteiger partial charge in [0.2, 0.25) is 0 Å². The number of carbonyl (C=O) groups is 1. The highest BCUT2D eigenvalue weighted by Gasteiger charge is 2.23. The molecule has 2 aromatic carbocycles. The molecule has 8 heteroatoms. The van der Waals surface area contributed by atoms with Gasteiger partial charge in [0.1, 0.15) is 17.7 Å². The number of anilines is 2. The first kappa shape index (κ1) is 25.2. The summed E-state index contributed by atoms with van der Waals surface area (Å²) in [6, 6.07) is 12.4. The maximum atomic E-state index is 13.5.